The van der Waals surface area contributed by atoms with Crippen LogP contribution in [0.25, 0.3) is 0 Å². The third kappa shape index (κ3) is 29.0. The van der Waals surface area contributed by atoms with Gasteiger partial charge in [0.1, 0.15) is 0 Å². The minimum atomic E-state index is -4.06. The van der Waals surface area contributed by atoms with Crippen molar-refractivity contribution < 1.29 is 50.0 Å². The molecule has 19 heteroatoms. The molecule has 14 nitrogen and oxygen atoms in total. The zero-order valence-corrected chi connectivity index (χ0v) is 34.1. The average molecular weight is 776 g/mol. The molecular weight excluding hydrogens is 711 g/mol. The molecule has 0 fully saturated rings. The van der Waals surface area contributed by atoms with E-state index in [2.05, 4.69) is 0 Å². The van der Waals surface area contributed by atoms with Crippen molar-refractivity contribution in [1.82, 2.24) is 0 Å². The predicted molar refractivity (Wildman–Crippen MR) is 192 cm³/mol. The van der Waals surface area contributed by atoms with E-state index < -0.39 is 67.2 Å². The van der Waals surface area contributed by atoms with Crippen LogP contribution in [0.15, 0.2) is 0 Å². The van der Waals surface area contributed by atoms with E-state index in [1.165, 1.54) is 0 Å². The Hall–Kier alpha value is 0.630. The summed E-state index contributed by atoms with van der Waals surface area (Å²) in [6, 6.07) is 0. The summed E-state index contributed by atoms with van der Waals surface area (Å²) in [5.74, 6) is 2.09. The Kier molecular flexibility index (Phi) is 20.9. The van der Waals surface area contributed by atoms with Gasteiger partial charge in [-0.3, -0.25) is 26.5 Å². The molecule has 0 aliphatic carbocycles. The van der Waals surface area contributed by atoms with Crippen molar-refractivity contribution in [1.29, 1.82) is 0 Å². The standard InChI is InChI=1S/C28H64N3O11P3S2/c1-25(2,39-43(29,32)33)17-9-13-21-46(37)23-15-11-19-27(5,6)41-45(31,36)42-28(7,8)20-12-16-24-47(38)22-14-10-18-26(3,4)40-44(30,34)35/h9-24H2,1-8H3,(H2,31,36)(H3,29,32,33)(H3,30,34,35). The molecule has 0 aromatic heterocycles. The van der Waals surface area contributed by atoms with Crippen molar-refractivity contribution in [2.24, 2.45) is 16.5 Å². The zero-order chi connectivity index (χ0) is 36.8. The first kappa shape index (κ1) is 47.6. The van der Waals surface area contributed by atoms with Crippen LogP contribution in [0.4, 0.5) is 0 Å². The molecule has 0 radical (unpaired) electrons. The van der Waals surface area contributed by atoms with Crippen molar-refractivity contribution in [3.05, 3.63) is 0 Å². The Morgan fingerprint density at radius 3 is 0.894 bits per heavy atom. The van der Waals surface area contributed by atoms with Crippen LogP contribution < -0.4 is 16.5 Å². The molecule has 0 rings (SSSR count). The average Bonchev–Trinajstić information content (AvgIpc) is 2.80. The first-order valence-electron chi connectivity index (χ1n) is 16.2. The zero-order valence-electron chi connectivity index (χ0n) is 29.8. The van der Waals surface area contributed by atoms with Crippen molar-refractivity contribution in [2.45, 2.75) is 155 Å². The minimum absolute atomic E-state index is 0.518. The van der Waals surface area contributed by atoms with Crippen LogP contribution >= 0.6 is 23.2 Å². The largest absolute Gasteiger partial charge is 0.403 e. The number of rotatable bonds is 28. The fourth-order valence-electron chi connectivity index (χ4n) is 5.06. The van der Waals surface area contributed by atoms with Crippen molar-refractivity contribution in [3.8, 4) is 0 Å². The van der Waals surface area contributed by atoms with Gasteiger partial charge in [0.05, 0.1) is 22.4 Å². The van der Waals surface area contributed by atoms with Crippen LogP contribution in [0.1, 0.15) is 132 Å². The summed E-state index contributed by atoms with van der Waals surface area (Å²) < 4.78 is 81.9. The molecular formula is C28H64N3O11P3S2. The second kappa shape index (κ2) is 20.6. The van der Waals surface area contributed by atoms with Gasteiger partial charge in [-0.05, 0) is 132 Å². The first-order valence-corrected chi connectivity index (χ1v) is 24.1. The van der Waals surface area contributed by atoms with Crippen molar-refractivity contribution >= 4 is 44.8 Å². The molecule has 284 valence electrons. The quantitative estimate of drug-likeness (QED) is 0.0419. The van der Waals surface area contributed by atoms with E-state index in [9.17, 15) is 31.9 Å². The molecule has 0 heterocycles. The van der Waals surface area contributed by atoms with Gasteiger partial charge in [0.15, 0.2) is 0 Å². The first-order chi connectivity index (χ1) is 21.0. The number of unbranched alkanes of at least 4 members (excludes halogenated alkanes) is 4. The molecule has 0 aromatic carbocycles. The molecule has 0 aliphatic rings. The van der Waals surface area contributed by atoms with Crippen LogP contribution in [-0.2, 0) is 53.4 Å². The van der Waals surface area contributed by atoms with Gasteiger partial charge in [0.25, 0.3) is 0 Å². The van der Waals surface area contributed by atoms with Crippen molar-refractivity contribution in [2.75, 3.05) is 23.0 Å². The highest BCUT2D eigenvalue weighted by Crippen LogP contribution is 2.49. The van der Waals surface area contributed by atoms with Crippen LogP contribution in [0, 0.1) is 0 Å². The summed E-state index contributed by atoms with van der Waals surface area (Å²) in [4.78, 5) is 18.4. The highest BCUT2D eigenvalue weighted by Gasteiger charge is 2.35. The third-order valence-corrected chi connectivity index (χ3v) is 13.1. The normalized spacial score (nSPS) is 18.7. The van der Waals surface area contributed by atoms with E-state index in [1.54, 1.807) is 55.4 Å². The molecule has 0 saturated heterocycles. The molecule has 47 heavy (non-hydrogen) atoms. The fourth-order valence-corrected chi connectivity index (χ4v) is 10.8. The van der Waals surface area contributed by atoms with E-state index >= 15 is 0 Å². The lowest BCUT2D eigenvalue weighted by Gasteiger charge is -2.33. The highest BCUT2D eigenvalue weighted by atomic mass is 32.2. The summed E-state index contributed by atoms with van der Waals surface area (Å²) in [5, 5.41) is 0. The number of nitrogens with two attached hydrogens (primary N) is 3. The van der Waals surface area contributed by atoms with E-state index in [0.29, 0.717) is 100 Å². The summed E-state index contributed by atoms with van der Waals surface area (Å²) in [6.45, 7) is 14.0. The fraction of sp³-hybridized carbons (Fsp3) is 1.00. The highest BCUT2D eigenvalue weighted by molar-refractivity contribution is 7.85. The maximum Gasteiger partial charge on any atom is 0.403 e. The lowest BCUT2D eigenvalue weighted by molar-refractivity contribution is 0.0227. The molecule has 0 aromatic rings. The van der Waals surface area contributed by atoms with Gasteiger partial charge in [-0.2, -0.15) is 0 Å². The lowest BCUT2D eigenvalue weighted by Crippen LogP contribution is -2.30. The van der Waals surface area contributed by atoms with Crippen LogP contribution in [0.5, 0.6) is 0 Å². The molecule has 8 N–H and O–H groups in total. The molecule has 0 amide bonds. The van der Waals surface area contributed by atoms with Gasteiger partial charge >= 0.3 is 23.2 Å². The van der Waals surface area contributed by atoms with Gasteiger partial charge < -0.3 is 9.79 Å². The summed E-state index contributed by atoms with van der Waals surface area (Å²) in [7, 11) is -14.0. The topological polar surface area (TPSA) is 241 Å². The molecule has 4 atom stereocenters. The second-order valence-corrected chi connectivity index (χ2v) is 22.1. The van der Waals surface area contributed by atoms with E-state index in [4.69, 9.17) is 34.6 Å². The molecule has 0 bridgehead atoms. The van der Waals surface area contributed by atoms with Gasteiger partial charge in [-0.1, -0.05) is 0 Å². The Morgan fingerprint density at radius 2 is 0.681 bits per heavy atom. The smallest absolute Gasteiger partial charge is 0.313 e. The molecule has 0 aliphatic heterocycles. The third-order valence-electron chi connectivity index (χ3n) is 7.11. The van der Waals surface area contributed by atoms with Gasteiger partial charge in [0, 0.05) is 44.6 Å². The molecule has 0 saturated carbocycles. The van der Waals surface area contributed by atoms with E-state index in [1.807, 2.05) is 0 Å². The van der Waals surface area contributed by atoms with E-state index in [-0.39, 0.29) is 0 Å². The maximum absolute atomic E-state index is 13.1. The lowest BCUT2D eigenvalue weighted by atomic mass is 10.0. The maximum atomic E-state index is 13.1. The van der Waals surface area contributed by atoms with Gasteiger partial charge in [-0.15, -0.1) is 0 Å². The molecule has 0 spiro atoms. The number of hydrogen-bond donors (Lipinski definition) is 5. The molecule has 4 unspecified atom stereocenters. The summed E-state index contributed by atoms with van der Waals surface area (Å²) >= 11 is 0. The van der Waals surface area contributed by atoms with Crippen LogP contribution in [0.2, 0.25) is 0 Å². The predicted octanol–water partition coefficient (Wildman–Crippen LogP) is 6.53. The Morgan fingerprint density at radius 1 is 0.468 bits per heavy atom. The van der Waals surface area contributed by atoms with Crippen LogP contribution in [0.3, 0.4) is 0 Å². The van der Waals surface area contributed by atoms with Gasteiger partial charge in [-0.25, -0.2) is 30.2 Å². The Bertz CT molecular complexity index is 1050. The van der Waals surface area contributed by atoms with Crippen molar-refractivity contribution in [3.63, 3.8) is 0 Å². The summed E-state index contributed by atoms with van der Waals surface area (Å²) in [6.07, 6.45) is 7.70. The number of hydrogen-bond acceptors (Lipinski definition) is 9. The monoisotopic (exact) mass is 775 g/mol. The van der Waals surface area contributed by atoms with Gasteiger partial charge in [0.2, 0.25) is 0 Å². The minimum Gasteiger partial charge on any atom is -0.313 e. The Balaban J connectivity index is 4.32. The Labute approximate surface area is 288 Å². The SMILES string of the molecule is CC(C)(CCCCS(=O)CCCCC(C)(C)OP(N)(=O)OC(C)(C)CCCCS(=O)CCCCC(C)(C)OP(N)(=O)O)OP(N)(=O)O. The van der Waals surface area contributed by atoms with Crippen LogP contribution in [-0.4, -0.2) is 63.6 Å². The second-order valence-electron chi connectivity index (χ2n) is 14.6. The van der Waals surface area contributed by atoms with E-state index in [0.717, 1.165) is 0 Å². The summed E-state index contributed by atoms with van der Waals surface area (Å²) in [5.41, 5.74) is 12.8.